The van der Waals surface area contributed by atoms with Gasteiger partial charge >= 0.3 is 6.03 Å². The molecule has 0 saturated heterocycles. The molecule has 0 aromatic heterocycles. The van der Waals surface area contributed by atoms with Gasteiger partial charge in [0.1, 0.15) is 19.0 Å². The van der Waals surface area contributed by atoms with Crippen LogP contribution in [0.3, 0.4) is 0 Å². The molecule has 0 radical (unpaired) electrons. The number of nitrogens with one attached hydrogen (secondary N) is 2. The van der Waals surface area contributed by atoms with E-state index < -0.39 is 6.03 Å². The lowest BCUT2D eigenvalue weighted by Crippen LogP contribution is -2.24. The number of hydrogen-bond acceptors (Lipinski definition) is 5. The molecule has 31 heavy (non-hydrogen) atoms. The van der Waals surface area contributed by atoms with Crippen molar-refractivity contribution in [3.63, 3.8) is 0 Å². The fourth-order valence-electron chi connectivity index (χ4n) is 2.62. The zero-order valence-electron chi connectivity index (χ0n) is 16.9. The van der Waals surface area contributed by atoms with Gasteiger partial charge in [0.2, 0.25) is 0 Å². The molecular formula is C23H22ClN3O4. The van der Waals surface area contributed by atoms with Crippen LogP contribution >= 0.6 is 11.6 Å². The van der Waals surface area contributed by atoms with Crippen LogP contribution in [0.5, 0.6) is 17.2 Å². The van der Waals surface area contributed by atoms with Crippen molar-refractivity contribution in [3.8, 4) is 17.2 Å². The molecule has 3 aromatic carbocycles. The average Bonchev–Trinajstić information content (AvgIpc) is 2.79. The van der Waals surface area contributed by atoms with E-state index in [4.69, 9.17) is 25.8 Å². The molecule has 0 heterocycles. The van der Waals surface area contributed by atoms with E-state index in [-0.39, 0.29) is 0 Å². The summed E-state index contributed by atoms with van der Waals surface area (Å²) in [6.07, 6.45) is 1.46. The zero-order valence-corrected chi connectivity index (χ0v) is 17.6. The number of halogens is 1. The molecule has 0 aliphatic rings. The van der Waals surface area contributed by atoms with Gasteiger partial charge in [0.25, 0.3) is 0 Å². The highest BCUT2D eigenvalue weighted by atomic mass is 35.5. The van der Waals surface area contributed by atoms with Crippen LogP contribution < -0.4 is 25.0 Å². The number of hydrazone groups is 1. The molecule has 0 unspecified atom stereocenters. The van der Waals surface area contributed by atoms with E-state index in [2.05, 4.69) is 15.8 Å². The Labute approximate surface area is 185 Å². The van der Waals surface area contributed by atoms with Gasteiger partial charge in [-0.15, -0.1) is 0 Å². The zero-order chi connectivity index (χ0) is 21.9. The summed E-state index contributed by atoms with van der Waals surface area (Å²) in [5, 5.41) is 6.95. The Morgan fingerprint density at radius 1 is 1.00 bits per heavy atom. The second-order valence-corrected chi connectivity index (χ2v) is 6.64. The predicted molar refractivity (Wildman–Crippen MR) is 122 cm³/mol. The number of carbonyl (C=O) groups excluding carboxylic acids is 1. The van der Waals surface area contributed by atoms with E-state index in [1.54, 1.807) is 24.3 Å². The highest BCUT2D eigenvalue weighted by Crippen LogP contribution is 2.36. The highest BCUT2D eigenvalue weighted by Gasteiger charge is 2.12. The SMILES string of the molecule is COc1cc(/C=N/NC(=O)Nc2ccccc2)cc(Cl)c1OCCOc1ccccc1. The van der Waals surface area contributed by atoms with Crippen LogP contribution in [-0.4, -0.2) is 32.6 Å². The molecule has 160 valence electrons. The number of rotatable bonds is 9. The first-order valence-corrected chi connectivity index (χ1v) is 9.87. The summed E-state index contributed by atoms with van der Waals surface area (Å²) in [6.45, 7) is 0.646. The minimum absolute atomic E-state index is 0.291. The van der Waals surface area contributed by atoms with Crippen LogP contribution in [0.4, 0.5) is 10.5 Å². The number of benzene rings is 3. The van der Waals surface area contributed by atoms with Gasteiger partial charge in [-0.2, -0.15) is 5.10 Å². The van der Waals surface area contributed by atoms with Gasteiger partial charge in [0.15, 0.2) is 11.5 Å². The van der Waals surface area contributed by atoms with Gasteiger partial charge < -0.3 is 19.5 Å². The van der Waals surface area contributed by atoms with Gasteiger partial charge in [0.05, 0.1) is 18.3 Å². The fraction of sp³-hybridized carbons (Fsp3) is 0.130. The summed E-state index contributed by atoms with van der Waals surface area (Å²) in [5.41, 5.74) is 3.69. The molecule has 0 atom stereocenters. The molecule has 2 N–H and O–H groups in total. The van der Waals surface area contributed by atoms with Gasteiger partial charge in [-0.3, -0.25) is 0 Å². The third kappa shape index (κ3) is 6.94. The minimum atomic E-state index is -0.459. The number of urea groups is 1. The number of para-hydroxylation sites is 2. The van der Waals surface area contributed by atoms with Crippen molar-refractivity contribution in [1.29, 1.82) is 0 Å². The van der Waals surface area contributed by atoms with E-state index in [0.717, 1.165) is 5.75 Å². The van der Waals surface area contributed by atoms with Crippen LogP contribution in [-0.2, 0) is 0 Å². The largest absolute Gasteiger partial charge is 0.493 e. The third-order valence-electron chi connectivity index (χ3n) is 4.00. The lowest BCUT2D eigenvalue weighted by atomic mass is 10.2. The van der Waals surface area contributed by atoms with E-state index in [1.165, 1.54) is 13.3 Å². The number of amides is 2. The van der Waals surface area contributed by atoms with Crippen LogP contribution in [0.2, 0.25) is 5.02 Å². The van der Waals surface area contributed by atoms with Crippen molar-refractivity contribution in [1.82, 2.24) is 5.43 Å². The normalized spacial score (nSPS) is 10.5. The summed E-state index contributed by atoms with van der Waals surface area (Å²) in [4.78, 5) is 11.9. The second-order valence-electron chi connectivity index (χ2n) is 6.23. The Morgan fingerprint density at radius 2 is 1.68 bits per heavy atom. The molecule has 8 heteroatoms. The molecule has 2 amide bonds. The van der Waals surface area contributed by atoms with Gasteiger partial charge in [-0.05, 0) is 42.0 Å². The van der Waals surface area contributed by atoms with E-state index in [1.807, 2.05) is 48.5 Å². The van der Waals surface area contributed by atoms with E-state index in [9.17, 15) is 4.79 Å². The van der Waals surface area contributed by atoms with E-state index >= 15 is 0 Å². The monoisotopic (exact) mass is 439 g/mol. The molecule has 0 saturated carbocycles. The second kappa shape index (κ2) is 11.5. The van der Waals surface area contributed by atoms with Crippen LogP contribution in [0.15, 0.2) is 77.9 Å². The molecule has 0 fully saturated rings. The predicted octanol–water partition coefficient (Wildman–Crippen LogP) is 4.96. The Morgan fingerprint density at radius 3 is 2.39 bits per heavy atom. The lowest BCUT2D eigenvalue weighted by Gasteiger charge is -2.13. The first-order chi connectivity index (χ1) is 15.2. The fourth-order valence-corrected chi connectivity index (χ4v) is 2.89. The Balaban J connectivity index is 1.54. The van der Waals surface area contributed by atoms with Crippen LogP contribution in [0, 0.1) is 0 Å². The van der Waals surface area contributed by atoms with Gasteiger partial charge in [-0.1, -0.05) is 48.0 Å². The molecule has 0 bridgehead atoms. The molecule has 0 aliphatic carbocycles. The molecule has 0 spiro atoms. The summed E-state index contributed by atoms with van der Waals surface area (Å²) in [6, 6.07) is 21.4. The maximum atomic E-state index is 11.9. The first kappa shape index (κ1) is 22.0. The summed E-state index contributed by atoms with van der Waals surface area (Å²) in [5.74, 6) is 1.62. The summed E-state index contributed by atoms with van der Waals surface area (Å²) in [7, 11) is 1.52. The van der Waals surface area contributed by atoms with Crippen molar-refractivity contribution < 1.29 is 19.0 Å². The van der Waals surface area contributed by atoms with Gasteiger partial charge in [-0.25, -0.2) is 10.2 Å². The summed E-state index contributed by atoms with van der Waals surface area (Å²) < 4.78 is 16.7. The molecule has 7 nitrogen and oxygen atoms in total. The standard InChI is InChI=1S/C23H22ClN3O4/c1-29-21-15-17(16-25-27-23(28)26-18-8-4-2-5-9-18)14-20(24)22(21)31-13-12-30-19-10-6-3-7-11-19/h2-11,14-16H,12-13H2,1H3,(H2,26,27,28)/b25-16+. The van der Waals surface area contributed by atoms with Crippen molar-refractivity contribution in [3.05, 3.63) is 83.4 Å². The average molecular weight is 440 g/mol. The van der Waals surface area contributed by atoms with Crippen molar-refractivity contribution in [2.24, 2.45) is 5.10 Å². The van der Waals surface area contributed by atoms with Crippen LogP contribution in [0.1, 0.15) is 5.56 Å². The maximum Gasteiger partial charge on any atom is 0.339 e. The molecular weight excluding hydrogens is 418 g/mol. The quantitative estimate of drug-likeness (QED) is 0.280. The number of anilines is 1. The number of hydrogen-bond donors (Lipinski definition) is 2. The van der Waals surface area contributed by atoms with E-state index in [0.29, 0.717) is 41.0 Å². The van der Waals surface area contributed by atoms with Crippen LogP contribution in [0.25, 0.3) is 0 Å². The smallest absolute Gasteiger partial charge is 0.339 e. The minimum Gasteiger partial charge on any atom is -0.493 e. The first-order valence-electron chi connectivity index (χ1n) is 9.49. The topological polar surface area (TPSA) is 81.2 Å². The third-order valence-corrected chi connectivity index (χ3v) is 4.29. The maximum absolute atomic E-state index is 11.9. The lowest BCUT2D eigenvalue weighted by molar-refractivity contribution is 0.211. The van der Waals surface area contributed by atoms with Gasteiger partial charge in [0, 0.05) is 5.69 Å². The van der Waals surface area contributed by atoms with Crippen molar-refractivity contribution in [2.45, 2.75) is 0 Å². The number of nitrogens with zero attached hydrogens (tertiary/aromatic N) is 1. The van der Waals surface area contributed by atoms with Crippen molar-refractivity contribution >= 4 is 29.5 Å². The molecule has 3 aromatic rings. The highest BCUT2D eigenvalue weighted by molar-refractivity contribution is 6.32. The molecule has 0 aliphatic heterocycles. The number of carbonyl (C=O) groups is 1. The Bertz CT molecular complexity index is 1010. The number of methoxy groups -OCH3 is 1. The Kier molecular flexibility index (Phi) is 8.13. The Hall–Kier alpha value is -3.71. The molecule has 3 rings (SSSR count). The number of ether oxygens (including phenoxy) is 3. The summed E-state index contributed by atoms with van der Waals surface area (Å²) >= 11 is 6.35. The van der Waals surface area contributed by atoms with Crippen molar-refractivity contribution in [2.75, 3.05) is 25.6 Å².